The molecule has 142 valence electrons. The van der Waals surface area contributed by atoms with E-state index >= 15 is 0 Å². The van der Waals surface area contributed by atoms with E-state index in [2.05, 4.69) is 0 Å². The van der Waals surface area contributed by atoms with E-state index in [0.717, 1.165) is 5.56 Å². The highest BCUT2D eigenvalue weighted by Crippen LogP contribution is 2.41. The van der Waals surface area contributed by atoms with Gasteiger partial charge >= 0.3 is 0 Å². The molecule has 2 aromatic carbocycles. The maximum atomic E-state index is 12.4. The molecule has 27 heavy (non-hydrogen) atoms. The molecule has 0 fully saturated rings. The average Bonchev–Trinajstić information content (AvgIpc) is 2.62. The van der Waals surface area contributed by atoms with Gasteiger partial charge in [-0.3, -0.25) is 10.1 Å². The zero-order valence-corrected chi connectivity index (χ0v) is 15.4. The predicted octanol–water partition coefficient (Wildman–Crippen LogP) is 3.44. The van der Waals surface area contributed by atoms with Crippen LogP contribution in [0.4, 0.5) is 5.69 Å². The molecule has 8 nitrogen and oxygen atoms in total. The Labute approximate surface area is 156 Å². The summed E-state index contributed by atoms with van der Waals surface area (Å²) in [6, 6.07) is 8.87. The number of ether oxygens (including phenoxy) is 2. The van der Waals surface area contributed by atoms with Crippen LogP contribution in [-0.2, 0) is 14.3 Å². The summed E-state index contributed by atoms with van der Waals surface area (Å²) in [5.74, 6) is 0.346. The van der Waals surface area contributed by atoms with Gasteiger partial charge < -0.3 is 9.47 Å². The van der Waals surface area contributed by atoms with Gasteiger partial charge in [0.15, 0.2) is 18.1 Å². The van der Waals surface area contributed by atoms with E-state index in [-0.39, 0.29) is 34.3 Å². The number of allylic oxidation sites excluding steroid dienone is 1. The van der Waals surface area contributed by atoms with Crippen molar-refractivity contribution in [3.05, 3.63) is 63.7 Å². The number of nitrogens with zero attached hydrogens (tertiary/aromatic N) is 1. The molecule has 9 heteroatoms. The van der Waals surface area contributed by atoms with Gasteiger partial charge in [0, 0.05) is 6.07 Å². The molecular weight excluding hydrogens is 374 g/mol. The molecule has 0 radical (unpaired) electrons. The zero-order chi connectivity index (χ0) is 19.6. The Morgan fingerprint density at radius 1 is 1.22 bits per heavy atom. The molecule has 1 atom stereocenters. The van der Waals surface area contributed by atoms with Gasteiger partial charge in [0.1, 0.15) is 0 Å². The van der Waals surface area contributed by atoms with Crippen LogP contribution in [0.15, 0.2) is 47.4 Å². The topological polar surface area (TPSA) is 105 Å². The highest BCUT2D eigenvalue weighted by molar-refractivity contribution is 7.86. The molecule has 0 bridgehead atoms. The highest BCUT2D eigenvalue weighted by atomic mass is 32.2. The van der Waals surface area contributed by atoms with Crippen molar-refractivity contribution in [2.45, 2.75) is 25.0 Å². The fourth-order valence-electron chi connectivity index (χ4n) is 2.56. The lowest BCUT2D eigenvalue weighted by molar-refractivity contribution is -0.385. The Morgan fingerprint density at radius 2 is 1.93 bits per heavy atom. The van der Waals surface area contributed by atoms with Gasteiger partial charge in [-0.05, 0) is 38.1 Å². The third-order valence-corrected chi connectivity index (χ3v) is 5.15. The molecule has 0 aromatic heterocycles. The average molecular weight is 391 g/mol. The van der Waals surface area contributed by atoms with E-state index in [1.807, 2.05) is 6.92 Å². The second-order valence-corrected chi connectivity index (χ2v) is 7.38. The molecule has 0 amide bonds. The van der Waals surface area contributed by atoms with Crippen LogP contribution in [0.25, 0.3) is 6.08 Å². The SMILES string of the molecule is CC=Cc1c([N+](=O)[O-])ccc2c1O[C@H](OS(=O)(=O)c1ccc(C)cc1)CO2. The Bertz CT molecular complexity index is 997. The fourth-order valence-corrected chi connectivity index (χ4v) is 3.52. The van der Waals surface area contributed by atoms with Crippen LogP contribution < -0.4 is 9.47 Å². The van der Waals surface area contributed by atoms with Crippen LogP contribution in [0, 0.1) is 17.0 Å². The van der Waals surface area contributed by atoms with Gasteiger partial charge in [-0.25, -0.2) is 4.18 Å². The largest absolute Gasteiger partial charge is 0.483 e. The van der Waals surface area contributed by atoms with Gasteiger partial charge in [-0.15, -0.1) is 0 Å². The minimum absolute atomic E-state index is 0.0183. The molecular formula is C18H17NO7S. The number of hydrogen-bond acceptors (Lipinski definition) is 7. The Hall–Kier alpha value is -2.91. The first kappa shape index (κ1) is 18.9. The number of hydrogen-bond donors (Lipinski definition) is 0. The third kappa shape index (κ3) is 3.93. The minimum Gasteiger partial charge on any atom is -0.483 e. The van der Waals surface area contributed by atoms with Gasteiger partial charge in [-0.2, -0.15) is 8.42 Å². The van der Waals surface area contributed by atoms with E-state index < -0.39 is 21.3 Å². The number of rotatable bonds is 5. The van der Waals surface area contributed by atoms with Gasteiger partial charge in [0.05, 0.1) is 15.4 Å². The Balaban J connectivity index is 1.90. The minimum atomic E-state index is -4.09. The molecule has 0 saturated carbocycles. The highest BCUT2D eigenvalue weighted by Gasteiger charge is 2.32. The van der Waals surface area contributed by atoms with Crippen LogP contribution in [0.2, 0.25) is 0 Å². The normalized spacial score (nSPS) is 16.4. The monoisotopic (exact) mass is 391 g/mol. The molecule has 0 aliphatic carbocycles. The first-order valence-corrected chi connectivity index (χ1v) is 9.46. The van der Waals surface area contributed by atoms with E-state index in [0.29, 0.717) is 0 Å². The molecule has 1 aliphatic heterocycles. The molecule has 1 aliphatic rings. The van der Waals surface area contributed by atoms with E-state index in [9.17, 15) is 18.5 Å². The van der Waals surface area contributed by atoms with Crippen molar-refractivity contribution in [1.82, 2.24) is 0 Å². The number of nitro groups is 1. The number of aryl methyl sites for hydroxylation is 1. The van der Waals surface area contributed by atoms with Gasteiger partial charge in [0.25, 0.3) is 22.1 Å². The lowest BCUT2D eigenvalue weighted by Crippen LogP contribution is -2.34. The summed E-state index contributed by atoms with van der Waals surface area (Å²) in [4.78, 5) is 10.7. The van der Waals surface area contributed by atoms with Crippen molar-refractivity contribution in [3.63, 3.8) is 0 Å². The quantitative estimate of drug-likeness (QED) is 0.437. The summed E-state index contributed by atoms with van der Waals surface area (Å²) < 4.78 is 41.1. The second kappa shape index (κ2) is 7.37. The van der Waals surface area contributed by atoms with Crippen molar-refractivity contribution >= 4 is 21.9 Å². The molecule has 1 heterocycles. The molecule has 0 N–H and O–H groups in total. The van der Waals surface area contributed by atoms with Crippen LogP contribution in [-0.4, -0.2) is 26.2 Å². The lowest BCUT2D eigenvalue weighted by atomic mass is 10.1. The summed E-state index contributed by atoms with van der Waals surface area (Å²) in [7, 11) is -4.09. The number of benzene rings is 2. The van der Waals surface area contributed by atoms with Gasteiger partial charge in [-0.1, -0.05) is 23.8 Å². The maximum Gasteiger partial charge on any atom is 0.300 e. The summed E-state index contributed by atoms with van der Waals surface area (Å²) in [5.41, 5.74) is 0.905. The summed E-state index contributed by atoms with van der Waals surface area (Å²) >= 11 is 0. The van der Waals surface area contributed by atoms with Crippen molar-refractivity contribution in [2.75, 3.05) is 6.61 Å². The van der Waals surface area contributed by atoms with E-state index in [1.54, 1.807) is 25.1 Å². The maximum absolute atomic E-state index is 12.4. The van der Waals surface area contributed by atoms with Crippen molar-refractivity contribution in [2.24, 2.45) is 0 Å². The molecule has 0 spiro atoms. The summed E-state index contributed by atoms with van der Waals surface area (Å²) in [6.45, 7) is 3.36. The van der Waals surface area contributed by atoms with Crippen LogP contribution >= 0.6 is 0 Å². The lowest BCUT2D eigenvalue weighted by Gasteiger charge is -2.26. The molecule has 0 unspecified atom stereocenters. The van der Waals surface area contributed by atoms with E-state index in [4.69, 9.17) is 13.7 Å². The first-order chi connectivity index (χ1) is 12.8. The Kier molecular flexibility index (Phi) is 5.15. The first-order valence-electron chi connectivity index (χ1n) is 8.05. The summed E-state index contributed by atoms with van der Waals surface area (Å²) in [5, 5.41) is 11.3. The predicted molar refractivity (Wildman–Crippen MR) is 97.2 cm³/mol. The third-order valence-electron chi connectivity index (χ3n) is 3.83. The smallest absolute Gasteiger partial charge is 0.300 e. The molecule has 0 saturated heterocycles. The number of fused-ring (bicyclic) bond motifs is 1. The van der Waals surface area contributed by atoms with Crippen LogP contribution in [0.5, 0.6) is 11.5 Å². The van der Waals surface area contributed by atoms with E-state index in [1.165, 1.54) is 30.3 Å². The second-order valence-electron chi connectivity index (χ2n) is 5.80. The van der Waals surface area contributed by atoms with Crippen LogP contribution in [0.1, 0.15) is 18.1 Å². The van der Waals surface area contributed by atoms with Crippen LogP contribution in [0.3, 0.4) is 0 Å². The summed E-state index contributed by atoms with van der Waals surface area (Å²) in [6.07, 6.45) is 1.84. The molecule has 3 rings (SSSR count). The van der Waals surface area contributed by atoms with Gasteiger partial charge in [0.2, 0.25) is 0 Å². The van der Waals surface area contributed by atoms with Crippen molar-refractivity contribution < 1.29 is 27.0 Å². The van der Waals surface area contributed by atoms with Crippen molar-refractivity contribution in [3.8, 4) is 11.5 Å². The fraction of sp³-hybridized carbons (Fsp3) is 0.222. The molecule has 2 aromatic rings. The Morgan fingerprint density at radius 3 is 2.56 bits per heavy atom. The number of nitro benzene ring substituents is 1. The standard InChI is InChI=1S/C18H17NO7S/c1-3-4-14-15(19(20)21)9-10-16-18(14)25-17(11-24-16)26-27(22,23)13-7-5-12(2)6-8-13/h3-10,17H,11H2,1-2H3/t17-/m1/s1. The van der Waals surface area contributed by atoms with Crippen molar-refractivity contribution in [1.29, 1.82) is 0 Å². The zero-order valence-electron chi connectivity index (χ0n) is 14.6.